The van der Waals surface area contributed by atoms with Crippen molar-refractivity contribution in [3.63, 3.8) is 0 Å². The summed E-state index contributed by atoms with van der Waals surface area (Å²) in [6.07, 6.45) is 0. The summed E-state index contributed by atoms with van der Waals surface area (Å²) in [5.41, 5.74) is 6.87. The highest BCUT2D eigenvalue weighted by atomic mass is 19.1. The normalized spacial score (nSPS) is 10.0. The second-order valence-electron chi connectivity index (χ2n) is 4.27. The van der Waals surface area contributed by atoms with E-state index in [0.29, 0.717) is 17.1 Å². The van der Waals surface area contributed by atoms with Crippen LogP contribution in [0.4, 0.5) is 21.5 Å². The number of hydrogen-bond donors (Lipinski definition) is 2. The zero-order valence-corrected chi connectivity index (χ0v) is 11.6. The molecule has 2 aromatic rings. The molecular formula is C15H15FN2O3. The van der Waals surface area contributed by atoms with Gasteiger partial charge in [0.2, 0.25) is 0 Å². The van der Waals surface area contributed by atoms with Crippen LogP contribution in [0.3, 0.4) is 0 Å². The lowest BCUT2D eigenvalue weighted by molar-refractivity contribution is 0.0602. The topological polar surface area (TPSA) is 73.6 Å². The fraction of sp³-hybridized carbons (Fsp3) is 0.133. The lowest BCUT2D eigenvalue weighted by atomic mass is 10.1. The van der Waals surface area contributed by atoms with Crippen molar-refractivity contribution in [1.82, 2.24) is 0 Å². The number of carbonyl (C=O) groups is 1. The van der Waals surface area contributed by atoms with Gasteiger partial charge < -0.3 is 20.5 Å². The zero-order chi connectivity index (χ0) is 15.4. The predicted molar refractivity (Wildman–Crippen MR) is 78.4 cm³/mol. The van der Waals surface area contributed by atoms with Crippen molar-refractivity contribution in [2.75, 3.05) is 25.3 Å². The van der Waals surface area contributed by atoms with Crippen molar-refractivity contribution >= 4 is 23.0 Å². The van der Waals surface area contributed by atoms with Gasteiger partial charge in [0, 0.05) is 11.8 Å². The van der Waals surface area contributed by atoms with E-state index in [-0.39, 0.29) is 11.3 Å². The van der Waals surface area contributed by atoms with Crippen LogP contribution in [0.1, 0.15) is 10.4 Å². The highest BCUT2D eigenvalue weighted by Crippen LogP contribution is 2.28. The van der Waals surface area contributed by atoms with E-state index in [0.717, 1.165) is 0 Å². The molecule has 2 rings (SSSR count). The molecule has 110 valence electrons. The largest absolute Gasteiger partial charge is 0.497 e. The molecular weight excluding hydrogens is 275 g/mol. The van der Waals surface area contributed by atoms with Gasteiger partial charge in [-0.3, -0.25) is 0 Å². The van der Waals surface area contributed by atoms with Crippen molar-refractivity contribution in [2.24, 2.45) is 0 Å². The minimum Gasteiger partial charge on any atom is -0.497 e. The van der Waals surface area contributed by atoms with Gasteiger partial charge in [0.25, 0.3) is 0 Å². The molecule has 0 aliphatic carbocycles. The van der Waals surface area contributed by atoms with Gasteiger partial charge in [-0.15, -0.1) is 0 Å². The molecule has 0 saturated heterocycles. The second kappa shape index (κ2) is 6.13. The number of halogens is 1. The molecule has 0 aliphatic rings. The van der Waals surface area contributed by atoms with Crippen LogP contribution in [0.25, 0.3) is 0 Å². The van der Waals surface area contributed by atoms with Gasteiger partial charge in [-0.2, -0.15) is 0 Å². The summed E-state index contributed by atoms with van der Waals surface area (Å²) in [4.78, 5) is 11.7. The molecule has 0 amide bonds. The number of anilines is 3. The first-order valence-corrected chi connectivity index (χ1v) is 6.13. The number of ether oxygens (including phenoxy) is 2. The van der Waals surface area contributed by atoms with Gasteiger partial charge in [-0.05, 0) is 30.3 Å². The Morgan fingerprint density at radius 2 is 1.90 bits per heavy atom. The molecule has 0 bridgehead atoms. The Balaban J connectivity index is 2.42. The molecule has 0 radical (unpaired) electrons. The van der Waals surface area contributed by atoms with Crippen LogP contribution in [0.2, 0.25) is 0 Å². The van der Waals surface area contributed by atoms with Crippen LogP contribution in [0.15, 0.2) is 36.4 Å². The summed E-state index contributed by atoms with van der Waals surface area (Å²) >= 11 is 0. The van der Waals surface area contributed by atoms with Gasteiger partial charge >= 0.3 is 5.97 Å². The maximum Gasteiger partial charge on any atom is 0.340 e. The average Bonchev–Trinajstić information content (AvgIpc) is 2.50. The summed E-state index contributed by atoms with van der Waals surface area (Å²) in [5, 5.41) is 2.85. The number of nitrogens with two attached hydrogens (primary N) is 1. The van der Waals surface area contributed by atoms with E-state index < -0.39 is 11.8 Å². The molecule has 0 atom stereocenters. The van der Waals surface area contributed by atoms with Gasteiger partial charge in [0.1, 0.15) is 11.6 Å². The molecule has 21 heavy (non-hydrogen) atoms. The van der Waals surface area contributed by atoms with Gasteiger partial charge in [0.05, 0.1) is 31.2 Å². The number of nitrogen functional groups attached to an aromatic ring is 1. The van der Waals surface area contributed by atoms with E-state index in [1.54, 1.807) is 12.1 Å². The summed E-state index contributed by atoms with van der Waals surface area (Å²) in [5.74, 6) is -0.537. The Hall–Kier alpha value is -2.76. The quantitative estimate of drug-likeness (QED) is 0.669. The van der Waals surface area contributed by atoms with Crippen molar-refractivity contribution in [3.05, 3.63) is 47.8 Å². The van der Waals surface area contributed by atoms with E-state index in [9.17, 15) is 9.18 Å². The first kappa shape index (κ1) is 14.6. The fourth-order valence-corrected chi connectivity index (χ4v) is 1.82. The molecule has 0 aromatic heterocycles. The number of rotatable bonds is 4. The Kier molecular flexibility index (Phi) is 4.27. The Bertz CT molecular complexity index is 674. The Labute approximate surface area is 121 Å². The summed E-state index contributed by atoms with van der Waals surface area (Å²) < 4.78 is 23.6. The maximum absolute atomic E-state index is 13.8. The molecule has 5 nitrogen and oxygen atoms in total. The molecule has 0 aliphatic heterocycles. The van der Waals surface area contributed by atoms with Crippen LogP contribution in [0.5, 0.6) is 5.75 Å². The van der Waals surface area contributed by atoms with Gasteiger partial charge in [-0.1, -0.05) is 0 Å². The SMILES string of the molecule is COC(=O)c1cc(N)ccc1Nc1cc(OC)ccc1F. The minimum absolute atomic E-state index is 0.185. The molecule has 0 fully saturated rings. The molecule has 6 heteroatoms. The third kappa shape index (κ3) is 3.22. The number of hydrogen-bond acceptors (Lipinski definition) is 5. The fourth-order valence-electron chi connectivity index (χ4n) is 1.82. The molecule has 3 N–H and O–H groups in total. The van der Waals surface area contributed by atoms with Gasteiger partial charge in [0.15, 0.2) is 0 Å². The van der Waals surface area contributed by atoms with Crippen molar-refractivity contribution in [3.8, 4) is 5.75 Å². The highest BCUT2D eigenvalue weighted by Gasteiger charge is 2.14. The number of benzene rings is 2. The third-order valence-electron chi connectivity index (χ3n) is 2.89. The lowest BCUT2D eigenvalue weighted by Crippen LogP contribution is -2.07. The van der Waals surface area contributed by atoms with Crippen LogP contribution >= 0.6 is 0 Å². The van der Waals surface area contributed by atoms with E-state index in [4.69, 9.17) is 15.2 Å². The second-order valence-corrected chi connectivity index (χ2v) is 4.27. The van der Waals surface area contributed by atoms with Crippen LogP contribution in [0, 0.1) is 5.82 Å². The zero-order valence-electron chi connectivity index (χ0n) is 11.6. The molecule has 2 aromatic carbocycles. The number of carbonyl (C=O) groups excluding carboxylic acids is 1. The number of nitrogens with one attached hydrogen (secondary N) is 1. The minimum atomic E-state index is -0.562. The van der Waals surface area contributed by atoms with E-state index >= 15 is 0 Å². The Morgan fingerprint density at radius 1 is 1.14 bits per heavy atom. The smallest absolute Gasteiger partial charge is 0.340 e. The highest BCUT2D eigenvalue weighted by molar-refractivity contribution is 5.97. The molecule has 0 unspecified atom stereocenters. The van der Waals surface area contributed by atoms with Crippen LogP contribution < -0.4 is 15.8 Å². The van der Waals surface area contributed by atoms with Crippen molar-refractivity contribution in [1.29, 1.82) is 0 Å². The Morgan fingerprint density at radius 3 is 2.57 bits per heavy atom. The summed E-state index contributed by atoms with van der Waals surface area (Å²) in [7, 11) is 2.75. The van der Waals surface area contributed by atoms with E-state index in [2.05, 4.69) is 5.32 Å². The van der Waals surface area contributed by atoms with Crippen LogP contribution in [-0.4, -0.2) is 20.2 Å². The standard InChI is InChI=1S/C15H15FN2O3/c1-20-10-4-5-12(16)14(8-10)18-13-6-3-9(17)7-11(13)15(19)21-2/h3-8,18H,17H2,1-2H3. The molecule has 0 spiro atoms. The molecule has 0 heterocycles. The average molecular weight is 290 g/mol. The van der Waals surface area contributed by atoms with Crippen molar-refractivity contribution < 1.29 is 18.7 Å². The van der Waals surface area contributed by atoms with Gasteiger partial charge in [-0.25, -0.2) is 9.18 Å². The van der Waals surface area contributed by atoms with E-state index in [1.807, 2.05) is 0 Å². The van der Waals surface area contributed by atoms with Crippen molar-refractivity contribution in [2.45, 2.75) is 0 Å². The van der Waals surface area contributed by atoms with Crippen LogP contribution in [-0.2, 0) is 4.74 Å². The number of esters is 1. The summed E-state index contributed by atoms with van der Waals surface area (Å²) in [6.45, 7) is 0. The predicted octanol–water partition coefficient (Wildman–Crippen LogP) is 2.95. The lowest BCUT2D eigenvalue weighted by Gasteiger charge is -2.13. The van der Waals surface area contributed by atoms with E-state index in [1.165, 1.54) is 38.5 Å². The first-order valence-electron chi connectivity index (χ1n) is 6.13. The third-order valence-corrected chi connectivity index (χ3v) is 2.89. The number of methoxy groups -OCH3 is 2. The molecule has 0 saturated carbocycles. The first-order chi connectivity index (χ1) is 10.0. The monoisotopic (exact) mass is 290 g/mol. The summed E-state index contributed by atoms with van der Waals surface area (Å²) in [6, 6.07) is 8.92. The maximum atomic E-state index is 13.8.